The summed E-state index contributed by atoms with van der Waals surface area (Å²) < 4.78 is 41.0. The summed E-state index contributed by atoms with van der Waals surface area (Å²) in [5.41, 5.74) is 1.68. The molecule has 1 atom stereocenters. The van der Waals surface area contributed by atoms with E-state index in [1.807, 2.05) is 19.1 Å². The third-order valence-corrected chi connectivity index (χ3v) is 4.42. The van der Waals surface area contributed by atoms with Crippen molar-refractivity contribution in [3.8, 4) is 0 Å². The van der Waals surface area contributed by atoms with Crippen LogP contribution in [0.25, 0.3) is 0 Å². The van der Waals surface area contributed by atoms with Gasteiger partial charge in [-0.25, -0.2) is 4.99 Å². The van der Waals surface area contributed by atoms with Crippen molar-refractivity contribution in [3.05, 3.63) is 35.4 Å². The number of nitrogens with one attached hydrogen (secondary N) is 2. The van der Waals surface area contributed by atoms with Gasteiger partial charge in [0.2, 0.25) is 0 Å². The van der Waals surface area contributed by atoms with Gasteiger partial charge in [0.25, 0.3) is 0 Å². The lowest BCUT2D eigenvalue weighted by Gasteiger charge is -2.24. The fourth-order valence-electron chi connectivity index (χ4n) is 2.42. The monoisotopic (exact) mass is 530 g/mol. The minimum Gasteiger partial charge on any atom is -0.367 e. The van der Waals surface area contributed by atoms with E-state index in [1.165, 1.54) is 0 Å². The van der Waals surface area contributed by atoms with Crippen molar-refractivity contribution in [2.24, 2.45) is 4.99 Å². The van der Waals surface area contributed by atoms with Crippen molar-refractivity contribution in [3.63, 3.8) is 0 Å². The molecular weight excluding hydrogens is 496 g/mol. The van der Waals surface area contributed by atoms with Crippen LogP contribution in [0.5, 0.6) is 0 Å². The van der Waals surface area contributed by atoms with Crippen LogP contribution in [0.15, 0.2) is 29.3 Å². The van der Waals surface area contributed by atoms with Crippen LogP contribution in [0, 0.1) is 0 Å². The molecule has 0 saturated heterocycles. The first kappa shape index (κ1) is 27.9. The summed E-state index contributed by atoms with van der Waals surface area (Å²) in [5, 5.41) is 6.54. The van der Waals surface area contributed by atoms with Gasteiger partial charge < -0.3 is 20.3 Å². The normalized spacial score (nSPS) is 13.2. The van der Waals surface area contributed by atoms with Gasteiger partial charge in [0, 0.05) is 25.7 Å². The molecule has 0 fully saturated rings. The highest BCUT2D eigenvalue weighted by molar-refractivity contribution is 14.0. The summed E-state index contributed by atoms with van der Waals surface area (Å²) in [6, 6.07) is 7.79. The number of nitrogens with zero attached hydrogens (tertiary/aromatic N) is 2. The van der Waals surface area contributed by atoms with Crippen molar-refractivity contribution in [1.82, 2.24) is 15.5 Å². The molecule has 0 radical (unpaired) electrons. The van der Waals surface area contributed by atoms with E-state index in [0.717, 1.165) is 37.6 Å². The van der Waals surface area contributed by atoms with E-state index in [-0.39, 0.29) is 30.6 Å². The number of guanidine groups is 1. The fraction of sp³-hybridized carbons (Fsp3) is 0.650. The molecule has 2 N–H and O–H groups in total. The molecule has 0 bridgehead atoms. The molecule has 5 nitrogen and oxygen atoms in total. The molecule has 0 heterocycles. The Kier molecular flexibility index (Phi) is 14.3. The van der Waals surface area contributed by atoms with Gasteiger partial charge in [-0.05, 0) is 38.4 Å². The molecule has 0 saturated carbocycles. The summed E-state index contributed by atoms with van der Waals surface area (Å²) in [6.45, 7) is 8.07. The molecule has 1 aromatic carbocycles. The number of alkyl halides is 3. The van der Waals surface area contributed by atoms with Crippen LogP contribution < -0.4 is 10.6 Å². The Morgan fingerprint density at radius 3 is 2.31 bits per heavy atom. The maximum atomic E-state index is 12.1. The first-order valence-corrected chi connectivity index (χ1v) is 9.69. The summed E-state index contributed by atoms with van der Waals surface area (Å²) in [6.07, 6.45) is -3.18. The number of halogens is 4. The van der Waals surface area contributed by atoms with Crippen LogP contribution in [0.2, 0.25) is 0 Å². The summed E-state index contributed by atoms with van der Waals surface area (Å²) in [4.78, 5) is 6.87. The van der Waals surface area contributed by atoms with E-state index in [9.17, 15) is 13.2 Å². The number of rotatable bonds is 11. The average Bonchev–Trinajstić information content (AvgIpc) is 2.65. The topological polar surface area (TPSA) is 48.9 Å². The van der Waals surface area contributed by atoms with Crippen molar-refractivity contribution in [2.75, 3.05) is 33.3 Å². The van der Waals surface area contributed by atoms with E-state index in [1.54, 1.807) is 12.1 Å². The van der Waals surface area contributed by atoms with Gasteiger partial charge in [-0.15, -0.1) is 24.0 Å². The summed E-state index contributed by atoms with van der Waals surface area (Å²) in [7, 11) is 2.11. The molecule has 1 rings (SSSR count). The number of aliphatic imine (C=N–C) groups is 1. The highest BCUT2D eigenvalue weighted by atomic mass is 127. The van der Waals surface area contributed by atoms with Crippen LogP contribution in [0.1, 0.15) is 38.3 Å². The molecule has 0 aromatic heterocycles. The average molecular weight is 530 g/mol. The molecule has 1 aromatic rings. The van der Waals surface area contributed by atoms with E-state index < -0.39 is 12.8 Å². The first-order valence-electron chi connectivity index (χ1n) is 9.69. The zero-order valence-corrected chi connectivity index (χ0v) is 20.0. The second-order valence-electron chi connectivity index (χ2n) is 6.78. The predicted octanol–water partition coefficient (Wildman–Crippen LogP) is 4.17. The largest absolute Gasteiger partial charge is 0.411 e. The highest BCUT2D eigenvalue weighted by Gasteiger charge is 2.27. The zero-order chi connectivity index (χ0) is 21.0. The van der Waals surface area contributed by atoms with Gasteiger partial charge in [0.15, 0.2) is 5.96 Å². The molecule has 0 aliphatic rings. The van der Waals surface area contributed by atoms with E-state index >= 15 is 0 Å². The van der Waals surface area contributed by atoms with Crippen molar-refractivity contribution < 1.29 is 17.9 Å². The van der Waals surface area contributed by atoms with Crippen LogP contribution in [0.3, 0.4) is 0 Å². The molecule has 0 aliphatic carbocycles. The van der Waals surface area contributed by atoms with Gasteiger partial charge >= 0.3 is 6.18 Å². The molecule has 0 amide bonds. The Hall–Kier alpha value is -1.07. The number of hydrogen-bond donors (Lipinski definition) is 2. The smallest absolute Gasteiger partial charge is 0.367 e. The Morgan fingerprint density at radius 2 is 1.76 bits per heavy atom. The van der Waals surface area contributed by atoms with Gasteiger partial charge in [-0.1, -0.05) is 31.2 Å². The number of likely N-dealkylation sites (N-methyl/N-ethyl adjacent to an activating group) is 1. The SMILES string of the molecule is CCNC(=NCc1ccc(COCC(F)(F)F)cc1)NCCN(C)C(C)CC.I. The van der Waals surface area contributed by atoms with Gasteiger partial charge in [-0.2, -0.15) is 13.2 Å². The molecule has 29 heavy (non-hydrogen) atoms. The van der Waals surface area contributed by atoms with Crippen LogP contribution in [0.4, 0.5) is 13.2 Å². The second-order valence-corrected chi connectivity index (χ2v) is 6.78. The lowest BCUT2D eigenvalue weighted by molar-refractivity contribution is -0.176. The standard InChI is InChI=1S/C20H33F3N4O.HI/c1-5-16(3)27(4)12-11-25-19(24-6-2)26-13-17-7-9-18(10-8-17)14-28-15-20(21,22)23;/h7-10,16H,5-6,11-15H2,1-4H3,(H2,24,25,26);1H. The van der Waals surface area contributed by atoms with E-state index in [0.29, 0.717) is 18.2 Å². The zero-order valence-electron chi connectivity index (χ0n) is 17.7. The van der Waals surface area contributed by atoms with E-state index in [2.05, 4.69) is 46.2 Å². The maximum Gasteiger partial charge on any atom is 0.411 e. The van der Waals surface area contributed by atoms with Gasteiger partial charge in [-0.3, -0.25) is 0 Å². The molecule has 0 spiro atoms. The molecule has 1 unspecified atom stereocenters. The molecule has 9 heteroatoms. The third-order valence-electron chi connectivity index (χ3n) is 4.42. The third kappa shape index (κ3) is 13.0. The number of ether oxygens (including phenoxy) is 1. The Morgan fingerprint density at radius 1 is 1.14 bits per heavy atom. The molecular formula is C20H34F3IN4O. The minimum atomic E-state index is -4.30. The number of benzene rings is 1. The minimum absolute atomic E-state index is 0. The van der Waals surface area contributed by atoms with Gasteiger partial charge in [0.05, 0.1) is 13.2 Å². The fourth-order valence-corrected chi connectivity index (χ4v) is 2.42. The van der Waals surface area contributed by atoms with Crippen LogP contribution in [-0.4, -0.2) is 56.4 Å². The molecule has 0 aliphatic heterocycles. The molecule has 168 valence electrons. The van der Waals surface area contributed by atoms with Crippen LogP contribution >= 0.6 is 24.0 Å². The van der Waals surface area contributed by atoms with Crippen molar-refractivity contribution in [1.29, 1.82) is 0 Å². The quantitative estimate of drug-likeness (QED) is 0.256. The lowest BCUT2D eigenvalue weighted by atomic mass is 10.1. The Bertz CT molecular complexity index is 582. The van der Waals surface area contributed by atoms with Crippen molar-refractivity contribution in [2.45, 2.75) is 52.6 Å². The highest BCUT2D eigenvalue weighted by Crippen LogP contribution is 2.16. The summed E-state index contributed by atoms with van der Waals surface area (Å²) in [5.74, 6) is 0.748. The van der Waals surface area contributed by atoms with Crippen molar-refractivity contribution >= 4 is 29.9 Å². The van der Waals surface area contributed by atoms with Gasteiger partial charge in [0.1, 0.15) is 6.61 Å². The second kappa shape index (κ2) is 14.8. The summed E-state index contributed by atoms with van der Waals surface area (Å²) >= 11 is 0. The van der Waals surface area contributed by atoms with E-state index in [4.69, 9.17) is 0 Å². The maximum absolute atomic E-state index is 12.1. The predicted molar refractivity (Wildman–Crippen MR) is 123 cm³/mol. The lowest BCUT2D eigenvalue weighted by Crippen LogP contribution is -2.42. The Labute approximate surface area is 189 Å². The first-order chi connectivity index (χ1) is 13.2. The number of hydrogen-bond acceptors (Lipinski definition) is 3. The van der Waals surface area contributed by atoms with Crippen LogP contribution in [-0.2, 0) is 17.9 Å². The Balaban J connectivity index is 0.00000784.